The van der Waals surface area contributed by atoms with Gasteiger partial charge in [0.15, 0.2) is 0 Å². The molecule has 1 aromatic rings. The number of hydrogen-bond acceptors (Lipinski definition) is 2. The number of halogens is 2. The van der Waals surface area contributed by atoms with Crippen molar-refractivity contribution >= 4 is 17.3 Å². The Hall–Kier alpha value is -0.800. The van der Waals surface area contributed by atoms with E-state index in [0.717, 1.165) is 19.5 Å². The molecule has 0 saturated carbocycles. The van der Waals surface area contributed by atoms with Gasteiger partial charge in [-0.15, -0.1) is 0 Å². The molecule has 0 aliphatic carbocycles. The van der Waals surface area contributed by atoms with Crippen molar-refractivity contribution in [1.82, 2.24) is 0 Å². The van der Waals surface area contributed by atoms with Gasteiger partial charge >= 0.3 is 0 Å². The molecular formula is C12H16ClFN2. The SMILES string of the molecule is CC1CN(c2ccc(Cl)cc2F)CCC1N. The molecule has 1 saturated heterocycles. The molecule has 88 valence electrons. The van der Waals surface area contributed by atoms with Crippen LogP contribution in [0.3, 0.4) is 0 Å². The third kappa shape index (κ3) is 2.30. The lowest BCUT2D eigenvalue weighted by Gasteiger charge is -2.36. The summed E-state index contributed by atoms with van der Waals surface area (Å²) in [5.74, 6) is 0.138. The predicted molar refractivity (Wildman–Crippen MR) is 65.4 cm³/mol. The van der Waals surface area contributed by atoms with E-state index >= 15 is 0 Å². The van der Waals surface area contributed by atoms with Crippen molar-refractivity contribution < 1.29 is 4.39 Å². The van der Waals surface area contributed by atoms with E-state index in [1.807, 2.05) is 4.90 Å². The monoisotopic (exact) mass is 242 g/mol. The predicted octanol–water partition coefficient (Wildman–Crippen LogP) is 2.65. The number of nitrogens with zero attached hydrogens (tertiary/aromatic N) is 1. The average molecular weight is 243 g/mol. The summed E-state index contributed by atoms with van der Waals surface area (Å²) < 4.78 is 13.7. The molecule has 2 unspecified atom stereocenters. The van der Waals surface area contributed by atoms with Crippen molar-refractivity contribution in [2.24, 2.45) is 11.7 Å². The topological polar surface area (TPSA) is 29.3 Å². The van der Waals surface area contributed by atoms with Gasteiger partial charge in [0, 0.05) is 24.2 Å². The van der Waals surface area contributed by atoms with Crippen LogP contribution in [-0.4, -0.2) is 19.1 Å². The zero-order valence-corrected chi connectivity index (χ0v) is 10.0. The maximum absolute atomic E-state index is 13.7. The van der Waals surface area contributed by atoms with E-state index < -0.39 is 0 Å². The summed E-state index contributed by atoms with van der Waals surface area (Å²) in [6, 6.07) is 5.04. The first-order chi connectivity index (χ1) is 7.58. The lowest BCUT2D eigenvalue weighted by Crippen LogP contribution is -2.46. The van der Waals surface area contributed by atoms with E-state index in [1.165, 1.54) is 6.07 Å². The third-order valence-electron chi connectivity index (χ3n) is 3.22. The summed E-state index contributed by atoms with van der Waals surface area (Å²) in [5.41, 5.74) is 6.57. The Morgan fingerprint density at radius 3 is 2.88 bits per heavy atom. The van der Waals surface area contributed by atoms with Gasteiger partial charge in [-0.3, -0.25) is 0 Å². The van der Waals surface area contributed by atoms with Gasteiger partial charge in [0.05, 0.1) is 5.69 Å². The van der Waals surface area contributed by atoms with E-state index in [1.54, 1.807) is 12.1 Å². The average Bonchev–Trinajstić information content (AvgIpc) is 2.22. The molecule has 0 bridgehead atoms. The van der Waals surface area contributed by atoms with Crippen molar-refractivity contribution in [3.63, 3.8) is 0 Å². The van der Waals surface area contributed by atoms with Gasteiger partial charge in [0.2, 0.25) is 0 Å². The van der Waals surface area contributed by atoms with Gasteiger partial charge in [-0.1, -0.05) is 18.5 Å². The molecule has 16 heavy (non-hydrogen) atoms. The molecule has 0 aromatic heterocycles. The lowest BCUT2D eigenvalue weighted by molar-refractivity contribution is 0.380. The quantitative estimate of drug-likeness (QED) is 0.821. The number of rotatable bonds is 1. The minimum atomic E-state index is -0.254. The highest BCUT2D eigenvalue weighted by atomic mass is 35.5. The second-order valence-electron chi connectivity index (χ2n) is 4.47. The number of hydrogen-bond donors (Lipinski definition) is 1. The standard InChI is InChI=1S/C12H16ClFN2/c1-8-7-16(5-4-11(8)15)12-3-2-9(13)6-10(12)14/h2-3,6,8,11H,4-5,7,15H2,1H3. The molecule has 0 amide bonds. The molecular weight excluding hydrogens is 227 g/mol. The van der Waals surface area contributed by atoms with E-state index in [0.29, 0.717) is 16.6 Å². The van der Waals surface area contributed by atoms with Gasteiger partial charge in [-0.2, -0.15) is 0 Å². The zero-order valence-electron chi connectivity index (χ0n) is 9.29. The summed E-state index contributed by atoms with van der Waals surface area (Å²) in [6.07, 6.45) is 0.906. The smallest absolute Gasteiger partial charge is 0.147 e. The zero-order chi connectivity index (χ0) is 11.7. The van der Waals surface area contributed by atoms with Crippen molar-refractivity contribution in [2.75, 3.05) is 18.0 Å². The Balaban J connectivity index is 2.18. The summed E-state index contributed by atoms with van der Waals surface area (Å²) in [5, 5.41) is 0.433. The summed E-state index contributed by atoms with van der Waals surface area (Å²) in [4.78, 5) is 2.04. The molecule has 0 spiro atoms. The van der Waals surface area contributed by atoms with Crippen LogP contribution in [0, 0.1) is 11.7 Å². The lowest BCUT2D eigenvalue weighted by atomic mass is 9.94. The molecule has 1 aliphatic heterocycles. The first-order valence-corrected chi connectivity index (χ1v) is 5.91. The highest BCUT2D eigenvalue weighted by Crippen LogP contribution is 2.26. The van der Waals surface area contributed by atoms with E-state index in [2.05, 4.69) is 6.92 Å². The highest BCUT2D eigenvalue weighted by Gasteiger charge is 2.24. The molecule has 2 nitrogen and oxygen atoms in total. The number of benzene rings is 1. The van der Waals surface area contributed by atoms with Crippen molar-refractivity contribution in [2.45, 2.75) is 19.4 Å². The van der Waals surface area contributed by atoms with Gasteiger partial charge in [0.25, 0.3) is 0 Å². The van der Waals surface area contributed by atoms with E-state index in [4.69, 9.17) is 17.3 Å². The Morgan fingerprint density at radius 1 is 1.50 bits per heavy atom. The largest absolute Gasteiger partial charge is 0.369 e. The second kappa shape index (κ2) is 4.60. The van der Waals surface area contributed by atoms with Crippen molar-refractivity contribution in [3.8, 4) is 0 Å². The third-order valence-corrected chi connectivity index (χ3v) is 3.46. The first-order valence-electron chi connectivity index (χ1n) is 5.53. The summed E-state index contributed by atoms with van der Waals surface area (Å²) in [7, 11) is 0. The number of nitrogens with two attached hydrogens (primary N) is 1. The Morgan fingerprint density at radius 2 is 2.25 bits per heavy atom. The maximum Gasteiger partial charge on any atom is 0.147 e. The number of piperidine rings is 1. The summed E-state index contributed by atoms with van der Waals surface area (Å²) >= 11 is 5.73. The molecule has 1 heterocycles. The van der Waals surface area contributed by atoms with Crippen LogP contribution in [0.2, 0.25) is 5.02 Å². The fourth-order valence-corrected chi connectivity index (χ4v) is 2.28. The van der Waals surface area contributed by atoms with Crippen LogP contribution >= 0.6 is 11.6 Å². The molecule has 1 fully saturated rings. The maximum atomic E-state index is 13.7. The second-order valence-corrected chi connectivity index (χ2v) is 4.91. The van der Waals surface area contributed by atoms with Crippen molar-refractivity contribution in [1.29, 1.82) is 0 Å². The van der Waals surface area contributed by atoms with Crippen LogP contribution in [0.25, 0.3) is 0 Å². The molecule has 2 rings (SSSR count). The first kappa shape index (κ1) is 11.7. The normalized spacial score (nSPS) is 25.9. The van der Waals surface area contributed by atoms with E-state index in [-0.39, 0.29) is 11.9 Å². The van der Waals surface area contributed by atoms with Gasteiger partial charge in [-0.25, -0.2) is 4.39 Å². The van der Waals surface area contributed by atoms with Crippen molar-refractivity contribution in [3.05, 3.63) is 29.0 Å². The summed E-state index contributed by atoms with van der Waals surface area (Å²) in [6.45, 7) is 3.72. The van der Waals surface area contributed by atoms with E-state index in [9.17, 15) is 4.39 Å². The molecule has 2 atom stereocenters. The Labute approximate surface area is 100 Å². The minimum absolute atomic E-state index is 0.228. The van der Waals surface area contributed by atoms with Crippen LogP contribution < -0.4 is 10.6 Å². The fourth-order valence-electron chi connectivity index (χ4n) is 2.12. The van der Waals surface area contributed by atoms with Gasteiger partial charge < -0.3 is 10.6 Å². The van der Waals surface area contributed by atoms with Crippen LogP contribution in [-0.2, 0) is 0 Å². The van der Waals surface area contributed by atoms with Crippen LogP contribution in [0.5, 0.6) is 0 Å². The molecule has 0 radical (unpaired) electrons. The molecule has 4 heteroatoms. The van der Waals surface area contributed by atoms with Crippen LogP contribution in [0.4, 0.5) is 10.1 Å². The Kier molecular flexibility index (Phi) is 3.36. The fraction of sp³-hybridized carbons (Fsp3) is 0.500. The van der Waals surface area contributed by atoms with Gasteiger partial charge in [0.1, 0.15) is 5.82 Å². The van der Waals surface area contributed by atoms with Crippen LogP contribution in [0.15, 0.2) is 18.2 Å². The minimum Gasteiger partial charge on any atom is -0.369 e. The highest BCUT2D eigenvalue weighted by molar-refractivity contribution is 6.30. The van der Waals surface area contributed by atoms with Crippen LogP contribution in [0.1, 0.15) is 13.3 Å². The molecule has 1 aromatic carbocycles. The molecule has 1 aliphatic rings. The van der Waals surface area contributed by atoms with Gasteiger partial charge in [-0.05, 0) is 30.5 Å². The molecule has 2 N–H and O–H groups in total. The number of anilines is 1. The Bertz CT molecular complexity index is 383.